The first kappa shape index (κ1) is 18.6. The molecule has 0 radical (unpaired) electrons. The zero-order valence-electron chi connectivity index (χ0n) is 15.1. The van der Waals surface area contributed by atoms with Crippen LogP contribution in [0.15, 0.2) is 40.9 Å². The topological polar surface area (TPSA) is 119 Å². The minimum atomic E-state index is -1.12. The molecule has 27 heavy (non-hydrogen) atoms. The Kier molecular flexibility index (Phi) is 5.25. The molecule has 0 aliphatic carbocycles. The summed E-state index contributed by atoms with van der Waals surface area (Å²) >= 11 is 0. The van der Waals surface area contributed by atoms with Crippen LogP contribution < -0.4 is 11.1 Å². The molecule has 1 aromatic heterocycles. The van der Waals surface area contributed by atoms with E-state index in [4.69, 9.17) is 10.3 Å². The molecule has 142 valence electrons. The van der Waals surface area contributed by atoms with E-state index in [1.165, 1.54) is 11.8 Å². The molecule has 1 aliphatic rings. The molecule has 0 spiro atoms. The Hall–Kier alpha value is -3.16. The van der Waals surface area contributed by atoms with E-state index >= 15 is 0 Å². The number of nitrogens with zero attached hydrogens (tertiary/aromatic N) is 2. The maximum Gasteiger partial charge on any atom is 0.246 e. The van der Waals surface area contributed by atoms with Gasteiger partial charge in [0, 0.05) is 31.5 Å². The molecule has 1 fully saturated rings. The lowest BCUT2D eigenvalue weighted by atomic mass is 9.89. The smallest absolute Gasteiger partial charge is 0.246 e. The van der Waals surface area contributed by atoms with Gasteiger partial charge in [0.05, 0.1) is 6.54 Å². The summed E-state index contributed by atoms with van der Waals surface area (Å²) in [5.41, 5.74) is 5.57. The number of carbonyl (C=O) groups is 3. The van der Waals surface area contributed by atoms with Gasteiger partial charge in [0.15, 0.2) is 0 Å². The SMILES string of the molecule is CC(=O)N1CCC[C@]1(Cc1cc(-c2ccccc2)no1)C(=O)NCC(N)=O. The van der Waals surface area contributed by atoms with E-state index in [9.17, 15) is 14.4 Å². The number of likely N-dealkylation sites (tertiary alicyclic amines) is 1. The monoisotopic (exact) mass is 370 g/mol. The van der Waals surface area contributed by atoms with Gasteiger partial charge in [-0.3, -0.25) is 14.4 Å². The van der Waals surface area contributed by atoms with Crippen molar-refractivity contribution in [3.05, 3.63) is 42.2 Å². The average molecular weight is 370 g/mol. The molecule has 8 nitrogen and oxygen atoms in total. The van der Waals surface area contributed by atoms with Gasteiger partial charge in [0.25, 0.3) is 0 Å². The van der Waals surface area contributed by atoms with Gasteiger partial charge in [0.1, 0.15) is 17.0 Å². The van der Waals surface area contributed by atoms with E-state index in [0.29, 0.717) is 30.8 Å². The van der Waals surface area contributed by atoms with Crippen LogP contribution in [0.2, 0.25) is 0 Å². The average Bonchev–Trinajstić information content (AvgIpc) is 3.28. The summed E-state index contributed by atoms with van der Waals surface area (Å²) in [7, 11) is 0. The highest BCUT2D eigenvalue weighted by Gasteiger charge is 2.49. The molecule has 0 unspecified atom stereocenters. The van der Waals surface area contributed by atoms with Crippen molar-refractivity contribution in [1.82, 2.24) is 15.4 Å². The fourth-order valence-corrected chi connectivity index (χ4v) is 3.60. The van der Waals surface area contributed by atoms with Crippen LogP contribution in [-0.2, 0) is 20.8 Å². The lowest BCUT2D eigenvalue weighted by Gasteiger charge is -2.35. The Morgan fingerprint density at radius 3 is 2.70 bits per heavy atom. The molecule has 1 aromatic carbocycles. The highest BCUT2D eigenvalue weighted by Crippen LogP contribution is 2.34. The Morgan fingerprint density at radius 2 is 2.04 bits per heavy atom. The second kappa shape index (κ2) is 7.61. The molecule has 0 saturated carbocycles. The van der Waals surface area contributed by atoms with Crippen LogP contribution in [0.3, 0.4) is 0 Å². The maximum absolute atomic E-state index is 12.9. The van der Waals surface area contributed by atoms with Gasteiger partial charge in [0.2, 0.25) is 17.7 Å². The summed E-state index contributed by atoms with van der Waals surface area (Å²) in [6, 6.07) is 11.3. The molecule has 1 saturated heterocycles. The molecular formula is C19H22N4O4. The minimum absolute atomic E-state index is 0.178. The second-order valence-corrected chi connectivity index (χ2v) is 6.68. The molecule has 3 amide bonds. The third-order valence-electron chi connectivity index (χ3n) is 4.81. The van der Waals surface area contributed by atoms with E-state index in [0.717, 1.165) is 5.56 Å². The predicted octanol–water partition coefficient (Wildman–Crippen LogP) is 0.867. The van der Waals surface area contributed by atoms with Gasteiger partial charge in [-0.05, 0) is 12.8 Å². The molecule has 1 atom stereocenters. The largest absolute Gasteiger partial charge is 0.368 e. The number of hydrogen-bond acceptors (Lipinski definition) is 5. The number of amides is 3. The first-order valence-corrected chi connectivity index (χ1v) is 8.78. The van der Waals surface area contributed by atoms with E-state index in [-0.39, 0.29) is 18.9 Å². The van der Waals surface area contributed by atoms with Gasteiger partial charge in [-0.1, -0.05) is 35.5 Å². The van der Waals surface area contributed by atoms with Crippen LogP contribution in [0.4, 0.5) is 0 Å². The van der Waals surface area contributed by atoms with E-state index in [2.05, 4.69) is 10.5 Å². The number of benzene rings is 1. The standard InChI is InChI=1S/C19H22N4O4/c1-13(24)23-9-5-8-19(23,18(26)21-12-17(20)25)11-15-10-16(22-27-15)14-6-3-2-4-7-14/h2-4,6-7,10H,5,8-9,11-12H2,1H3,(H2,20,25)(H,21,26)/t19-/m0/s1. The number of rotatable bonds is 6. The number of hydrogen-bond donors (Lipinski definition) is 2. The first-order valence-electron chi connectivity index (χ1n) is 8.78. The lowest BCUT2D eigenvalue weighted by Crippen LogP contribution is -2.59. The van der Waals surface area contributed by atoms with Crippen molar-refractivity contribution in [3.63, 3.8) is 0 Å². The molecule has 3 rings (SSSR count). The van der Waals surface area contributed by atoms with E-state index < -0.39 is 17.4 Å². The van der Waals surface area contributed by atoms with Crippen molar-refractivity contribution in [1.29, 1.82) is 0 Å². The summed E-state index contributed by atoms with van der Waals surface area (Å²) in [5, 5.41) is 6.62. The zero-order valence-corrected chi connectivity index (χ0v) is 15.1. The fourth-order valence-electron chi connectivity index (χ4n) is 3.60. The number of nitrogens with one attached hydrogen (secondary N) is 1. The van der Waals surface area contributed by atoms with Gasteiger partial charge in [-0.15, -0.1) is 0 Å². The highest BCUT2D eigenvalue weighted by molar-refractivity contribution is 5.94. The van der Waals surface area contributed by atoms with Gasteiger partial charge >= 0.3 is 0 Å². The Labute approximate surface area is 156 Å². The van der Waals surface area contributed by atoms with E-state index in [1.54, 1.807) is 6.07 Å². The number of nitrogens with two attached hydrogens (primary N) is 1. The summed E-state index contributed by atoms with van der Waals surface area (Å²) in [6.45, 7) is 1.62. The summed E-state index contributed by atoms with van der Waals surface area (Å²) in [6.07, 6.45) is 1.33. The Balaban J connectivity index is 1.88. The zero-order chi connectivity index (χ0) is 19.4. The van der Waals surface area contributed by atoms with Gasteiger partial charge in [-0.25, -0.2) is 0 Å². The van der Waals surface area contributed by atoms with Gasteiger partial charge < -0.3 is 20.5 Å². The number of carbonyl (C=O) groups excluding carboxylic acids is 3. The van der Waals surface area contributed by atoms with Gasteiger partial charge in [-0.2, -0.15) is 0 Å². The number of aromatic nitrogens is 1. The maximum atomic E-state index is 12.9. The highest BCUT2D eigenvalue weighted by atomic mass is 16.5. The van der Waals surface area contributed by atoms with Crippen molar-refractivity contribution in [2.75, 3.05) is 13.1 Å². The third-order valence-corrected chi connectivity index (χ3v) is 4.81. The van der Waals surface area contributed by atoms with Crippen LogP contribution in [0.1, 0.15) is 25.5 Å². The van der Waals surface area contributed by atoms with Crippen LogP contribution in [-0.4, -0.2) is 46.4 Å². The summed E-state index contributed by atoms with van der Waals surface area (Å²) in [4.78, 5) is 37.6. The van der Waals surface area contributed by atoms with Crippen LogP contribution in [0.25, 0.3) is 11.3 Å². The lowest BCUT2D eigenvalue weighted by molar-refractivity contribution is -0.144. The van der Waals surface area contributed by atoms with Crippen molar-refractivity contribution >= 4 is 17.7 Å². The predicted molar refractivity (Wildman–Crippen MR) is 97.2 cm³/mol. The third kappa shape index (κ3) is 3.84. The van der Waals surface area contributed by atoms with Crippen molar-refractivity contribution in [2.45, 2.75) is 31.7 Å². The van der Waals surface area contributed by atoms with Crippen molar-refractivity contribution < 1.29 is 18.9 Å². The molecule has 3 N–H and O–H groups in total. The summed E-state index contributed by atoms with van der Waals surface area (Å²) < 4.78 is 5.45. The van der Waals surface area contributed by atoms with Crippen molar-refractivity contribution in [2.24, 2.45) is 5.73 Å². The molecule has 2 aromatic rings. The molecule has 8 heteroatoms. The fraction of sp³-hybridized carbons (Fsp3) is 0.368. The van der Waals surface area contributed by atoms with Crippen LogP contribution >= 0.6 is 0 Å². The van der Waals surface area contributed by atoms with Crippen LogP contribution in [0, 0.1) is 0 Å². The minimum Gasteiger partial charge on any atom is -0.368 e. The molecular weight excluding hydrogens is 348 g/mol. The van der Waals surface area contributed by atoms with Crippen LogP contribution in [0.5, 0.6) is 0 Å². The van der Waals surface area contributed by atoms with E-state index in [1.807, 2.05) is 30.3 Å². The quantitative estimate of drug-likeness (QED) is 0.782. The Bertz CT molecular complexity index is 848. The Morgan fingerprint density at radius 1 is 1.30 bits per heavy atom. The second-order valence-electron chi connectivity index (χ2n) is 6.68. The molecule has 0 bridgehead atoms. The van der Waals surface area contributed by atoms with Crippen molar-refractivity contribution in [3.8, 4) is 11.3 Å². The molecule has 2 heterocycles. The normalized spacial score (nSPS) is 19.1. The first-order chi connectivity index (χ1) is 12.9. The summed E-state index contributed by atoms with van der Waals surface area (Å²) in [5.74, 6) is -0.760. The molecule has 1 aliphatic heterocycles. The number of primary amides is 1.